The molecule has 1 heterocycles. The van der Waals surface area contributed by atoms with Crippen LogP contribution in [0.1, 0.15) is 30.1 Å². The van der Waals surface area contributed by atoms with Gasteiger partial charge in [-0.3, -0.25) is 4.79 Å². The van der Waals surface area contributed by atoms with Gasteiger partial charge in [-0.25, -0.2) is 4.79 Å². The van der Waals surface area contributed by atoms with E-state index in [0.29, 0.717) is 11.7 Å². The number of carboxylic acids is 1. The van der Waals surface area contributed by atoms with Crippen LogP contribution in [0.3, 0.4) is 0 Å². The molecule has 0 aromatic heterocycles. The lowest BCUT2D eigenvalue weighted by atomic mass is 9.92. The van der Waals surface area contributed by atoms with Crippen LogP contribution in [-0.4, -0.2) is 34.7 Å². The third kappa shape index (κ3) is 3.27. The van der Waals surface area contributed by atoms with Gasteiger partial charge in [-0.1, -0.05) is 0 Å². The van der Waals surface area contributed by atoms with Crippen LogP contribution in [0.4, 0.5) is 5.69 Å². The number of rotatable bonds is 3. The fraction of sp³-hybridized carbons (Fsp3) is 0.429. The smallest absolute Gasteiger partial charge is 0.339 e. The van der Waals surface area contributed by atoms with Crippen molar-refractivity contribution in [2.24, 2.45) is 5.92 Å². The van der Waals surface area contributed by atoms with E-state index in [-0.39, 0.29) is 23.1 Å². The van der Waals surface area contributed by atoms with E-state index in [2.05, 4.69) is 10.6 Å². The Morgan fingerprint density at radius 3 is 2.75 bits per heavy atom. The number of hydrogen-bond acceptors (Lipinski definition) is 4. The minimum atomic E-state index is -1.20. The van der Waals surface area contributed by atoms with Crippen LogP contribution in [0.5, 0.6) is 5.75 Å². The molecule has 0 aliphatic carbocycles. The zero-order chi connectivity index (χ0) is 14.7. The Morgan fingerprint density at radius 1 is 1.40 bits per heavy atom. The van der Waals surface area contributed by atoms with E-state index >= 15 is 0 Å². The Bertz CT molecular complexity index is 530. The number of amides is 1. The largest absolute Gasteiger partial charge is 0.507 e. The highest BCUT2D eigenvalue weighted by molar-refractivity contribution is 5.95. The normalized spacial score (nSPS) is 22.2. The SMILES string of the molecule is CC1CC(C(=O)Nc2ccc(C(=O)O)c(O)c2)CCN1. The van der Waals surface area contributed by atoms with Gasteiger partial charge in [-0.2, -0.15) is 0 Å². The second kappa shape index (κ2) is 5.92. The van der Waals surface area contributed by atoms with E-state index < -0.39 is 5.97 Å². The summed E-state index contributed by atoms with van der Waals surface area (Å²) >= 11 is 0. The molecule has 2 rings (SSSR count). The minimum absolute atomic E-state index is 0.0625. The molecule has 108 valence electrons. The van der Waals surface area contributed by atoms with Crippen molar-refractivity contribution in [3.8, 4) is 5.75 Å². The van der Waals surface area contributed by atoms with Gasteiger partial charge in [-0.15, -0.1) is 0 Å². The number of aromatic carboxylic acids is 1. The van der Waals surface area contributed by atoms with Crippen molar-refractivity contribution in [2.45, 2.75) is 25.8 Å². The molecule has 1 aliphatic heterocycles. The van der Waals surface area contributed by atoms with Gasteiger partial charge in [0.1, 0.15) is 11.3 Å². The van der Waals surface area contributed by atoms with Crippen LogP contribution < -0.4 is 10.6 Å². The van der Waals surface area contributed by atoms with Crippen molar-refractivity contribution >= 4 is 17.6 Å². The summed E-state index contributed by atoms with van der Waals surface area (Å²) < 4.78 is 0. The van der Waals surface area contributed by atoms with Gasteiger partial charge in [-0.05, 0) is 38.4 Å². The molecule has 1 saturated heterocycles. The summed E-state index contributed by atoms with van der Waals surface area (Å²) in [5.41, 5.74) is 0.224. The summed E-state index contributed by atoms with van der Waals surface area (Å²) in [5.74, 6) is -1.71. The Labute approximate surface area is 116 Å². The average molecular weight is 278 g/mol. The Hall–Kier alpha value is -2.08. The number of carboxylic acid groups (broad SMARTS) is 1. The number of piperidine rings is 1. The predicted octanol–water partition coefficient (Wildman–Crippen LogP) is 1.42. The molecule has 0 spiro atoms. The number of carbonyl (C=O) groups excluding carboxylic acids is 1. The molecule has 2 atom stereocenters. The summed E-state index contributed by atoms with van der Waals surface area (Å²) in [4.78, 5) is 22.9. The van der Waals surface area contributed by atoms with Gasteiger partial charge < -0.3 is 20.8 Å². The van der Waals surface area contributed by atoms with Crippen molar-refractivity contribution < 1.29 is 19.8 Å². The summed E-state index contributed by atoms with van der Waals surface area (Å²) in [5, 5.41) is 24.4. The molecule has 0 radical (unpaired) electrons. The fourth-order valence-corrected chi connectivity index (χ4v) is 2.40. The van der Waals surface area contributed by atoms with Crippen LogP contribution in [0, 0.1) is 5.92 Å². The molecular weight excluding hydrogens is 260 g/mol. The van der Waals surface area contributed by atoms with E-state index in [0.717, 1.165) is 19.4 Å². The predicted molar refractivity (Wildman–Crippen MR) is 73.9 cm³/mol. The molecule has 0 bridgehead atoms. The molecule has 4 N–H and O–H groups in total. The third-order valence-corrected chi connectivity index (χ3v) is 3.49. The number of nitrogens with one attached hydrogen (secondary N) is 2. The second-order valence-electron chi connectivity index (χ2n) is 5.10. The zero-order valence-corrected chi connectivity index (χ0v) is 11.2. The van der Waals surface area contributed by atoms with Gasteiger partial charge >= 0.3 is 5.97 Å². The van der Waals surface area contributed by atoms with Gasteiger partial charge in [0.15, 0.2) is 0 Å². The number of benzene rings is 1. The Morgan fingerprint density at radius 2 is 2.15 bits per heavy atom. The zero-order valence-electron chi connectivity index (χ0n) is 11.2. The highest BCUT2D eigenvalue weighted by atomic mass is 16.4. The fourth-order valence-electron chi connectivity index (χ4n) is 2.40. The minimum Gasteiger partial charge on any atom is -0.507 e. The average Bonchev–Trinajstić information content (AvgIpc) is 2.38. The molecule has 1 fully saturated rings. The number of hydrogen-bond donors (Lipinski definition) is 4. The summed E-state index contributed by atoms with van der Waals surface area (Å²) in [6.45, 7) is 2.84. The molecular formula is C14H18N2O4. The van der Waals surface area contributed by atoms with Crippen molar-refractivity contribution in [1.82, 2.24) is 5.32 Å². The lowest BCUT2D eigenvalue weighted by Gasteiger charge is -2.27. The lowest BCUT2D eigenvalue weighted by Crippen LogP contribution is -2.40. The third-order valence-electron chi connectivity index (χ3n) is 3.49. The number of carbonyl (C=O) groups is 2. The van der Waals surface area contributed by atoms with E-state index in [1.54, 1.807) is 0 Å². The van der Waals surface area contributed by atoms with Gasteiger partial charge in [0.25, 0.3) is 0 Å². The van der Waals surface area contributed by atoms with Crippen molar-refractivity contribution in [3.05, 3.63) is 23.8 Å². The number of aromatic hydroxyl groups is 1. The molecule has 1 aliphatic rings. The maximum Gasteiger partial charge on any atom is 0.339 e. The quantitative estimate of drug-likeness (QED) is 0.670. The first-order chi connectivity index (χ1) is 9.47. The van der Waals surface area contributed by atoms with E-state index in [1.165, 1.54) is 18.2 Å². The van der Waals surface area contributed by atoms with Crippen molar-refractivity contribution in [3.63, 3.8) is 0 Å². The molecule has 6 heteroatoms. The number of anilines is 1. The van der Waals surface area contributed by atoms with Crippen molar-refractivity contribution in [2.75, 3.05) is 11.9 Å². The van der Waals surface area contributed by atoms with Crippen LogP contribution in [0.2, 0.25) is 0 Å². The van der Waals surface area contributed by atoms with Crippen LogP contribution in [0.15, 0.2) is 18.2 Å². The van der Waals surface area contributed by atoms with Gasteiger partial charge in [0.05, 0.1) is 0 Å². The maximum absolute atomic E-state index is 12.1. The molecule has 6 nitrogen and oxygen atoms in total. The molecule has 1 aromatic carbocycles. The first-order valence-electron chi connectivity index (χ1n) is 6.58. The van der Waals surface area contributed by atoms with Gasteiger partial charge in [0, 0.05) is 23.7 Å². The molecule has 1 amide bonds. The Balaban J connectivity index is 2.04. The highest BCUT2D eigenvalue weighted by Crippen LogP contribution is 2.24. The molecule has 1 aromatic rings. The van der Waals surface area contributed by atoms with Crippen LogP contribution >= 0.6 is 0 Å². The van der Waals surface area contributed by atoms with Crippen LogP contribution in [-0.2, 0) is 4.79 Å². The molecule has 0 saturated carbocycles. The van der Waals surface area contributed by atoms with Gasteiger partial charge in [0.2, 0.25) is 5.91 Å². The van der Waals surface area contributed by atoms with Crippen LogP contribution in [0.25, 0.3) is 0 Å². The second-order valence-corrected chi connectivity index (χ2v) is 5.10. The standard InChI is InChI=1S/C14H18N2O4/c1-8-6-9(4-5-15-8)13(18)16-10-2-3-11(14(19)20)12(17)7-10/h2-3,7-9,15,17H,4-6H2,1H3,(H,16,18)(H,19,20). The van der Waals surface area contributed by atoms with E-state index in [1.807, 2.05) is 6.92 Å². The van der Waals surface area contributed by atoms with E-state index in [4.69, 9.17) is 5.11 Å². The van der Waals surface area contributed by atoms with Crippen molar-refractivity contribution in [1.29, 1.82) is 0 Å². The summed E-state index contributed by atoms with van der Waals surface area (Å²) in [6.07, 6.45) is 1.54. The first-order valence-corrected chi connectivity index (χ1v) is 6.58. The molecule has 20 heavy (non-hydrogen) atoms. The highest BCUT2D eigenvalue weighted by Gasteiger charge is 2.24. The topological polar surface area (TPSA) is 98.7 Å². The molecule has 2 unspecified atom stereocenters. The van der Waals surface area contributed by atoms with E-state index in [9.17, 15) is 14.7 Å². The first kappa shape index (κ1) is 14.3. The monoisotopic (exact) mass is 278 g/mol. The summed E-state index contributed by atoms with van der Waals surface area (Å²) in [6, 6.07) is 4.32. The lowest BCUT2D eigenvalue weighted by molar-refractivity contribution is -0.120. The Kier molecular flexibility index (Phi) is 4.24. The maximum atomic E-state index is 12.1. The summed E-state index contributed by atoms with van der Waals surface area (Å²) in [7, 11) is 0. The number of phenols is 1.